The van der Waals surface area contributed by atoms with Crippen LogP contribution in [-0.2, 0) is 19.2 Å². The maximum absolute atomic E-state index is 12.6. The smallest absolute Gasteiger partial charge is 0.326 e. The van der Waals surface area contributed by atoms with Gasteiger partial charge < -0.3 is 32.5 Å². The molecule has 3 unspecified atom stereocenters. The minimum atomic E-state index is -1.13. The van der Waals surface area contributed by atoms with Crippen LogP contribution in [0.4, 0.5) is 0 Å². The summed E-state index contributed by atoms with van der Waals surface area (Å²) in [6, 6.07) is -2.69. The maximum atomic E-state index is 12.6. The van der Waals surface area contributed by atoms with E-state index < -0.39 is 41.8 Å². The molecule has 0 bridgehead atoms. The number of thioether (sulfide) groups is 1. The largest absolute Gasteiger partial charge is 0.480 e. The van der Waals surface area contributed by atoms with Gasteiger partial charge in [0.05, 0.1) is 12.6 Å². The van der Waals surface area contributed by atoms with Crippen LogP contribution >= 0.6 is 11.8 Å². The average Bonchev–Trinajstić information content (AvgIpc) is 2.67. The predicted molar refractivity (Wildman–Crippen MR) is 113 cm³/mol. The van der Waals surface area contributed by atoms with Crippen LogP contribution in [0.2, 0.25) is 0 Å². The average molecular weight is 434 g/mol. The van der Waals surface area contributed by atoms with Crippen molar-refractivity contribution in [2.24, 2.45) is 17.4 Å². The minimum Gasteiger partial charge on any atom is -0.480 e. The molecule has 3 atom stereocenters. The van der Waals surface area contributed by atoms with Gasteiger partial charge in [-0.1, -0.05) is 13.8 Å². The van der Waals surface area contributed by atoms with Crippen LogP contribution < -0.4 is 27.4 Å². The van der Waals surface area contributed by atoms with Crippen molar-refractivity contribution in [3.63, 3.8) is 0 Å². The summed E-state index contributed by atoms with van der Waals surface area (Å²) in [6.45, 7) is 3.70. The van der Waals surface area contributed by atoms with Gasteiger partial charge in [0.1, 0.15) is 12.1 Å². The zero-order chi connectivity index (χ0) is 22.4. The standard InChI is InChI=1S/C18H35N5O5S/c1-11(2)15(20)17(26)21-10-14(24)22-12(6-4-5-8-19)16(25)23-13(18(27)28)7-9-29-3/h11-13,15H,4-10,19-20H2,1-3H3,(H,21,26)(H,22,24)(H,23,25)(H,27,28). The van der Waals surface area contributed by atoms with E-state index in [0.717, 1.165) is 0 Å². The molecule has 0 spiro atoms. The molecule has 0 aliphatic rings. The molecular weight excluding hydrogens is 398 g/mol. The van der Waals surface area contributed by atoms with Crippen molar-refractivity contribution in [2.75, 3.05) is 25.1 Å². The van der Waals surface area contributed by atoms with Crippen molar-refractivity contribution in [1.29, 1.82) is 0 Å². The van der Waals surface area contributed by atoms with Crippen LogP contribution in [0.25, 0.3) is 0 Å². The number of rotatable bonds is 15. The SMILES string of the molecule is CSCCC(NC(=O)C(CCCCN)NC(=O)CNC(=O)C(N)C(C)C)C(=O)O. The van der Waals surface area contributed by atoms with Crippen LogP contribution in [-0.4, -0.2) is 72.0 Å². The normalized spacial score (nSPS) is 14.0. The molecule has 168 valence electrons. The van der Waals surface area contributed by atoms with Gasteiger partial charge >= 0.3 is 5.97 Å². The highest BCUT2D eigenvalue weighted by atomic mass is 32.2. The third-order valence-corrected chi connectivity index (χ3v) is 4.91. The molecule has 10 nitrogen and oxygen atoms in total. The van der Waals surface area contributed by atoms with Gasteiger partial charge in [-0.25, -0.2) is 4.79 Å². The van der Waals surface area contributed by atoms with Gasteiger partial charge in [0.2, 0.25) is 17.7 Å². The molecule has 0 aromatic carbocycles. The molecule has 8 N–H and O–H groups in total. The lowest BCUT2D eigenvalue weighted by molar-refractivity contribution is -0.142. The van der Waals surface area contributed by atoms with Crippen molar-refractivity contribution in [3.8, 4) is 0 Å². The number of nitrogens with two attached hydrogens (primary N) is 2. The number of unbranched alkanes of at least 4 members (excludes halogenated alkanes) is 1. The molecule has 0 aliphatic heterocycles. The summed E-state index contributed by atoms with van der Waals surface area (Å²) in [6.07, 6.45) is 3.67. The fourth-order valence-electron chi connectivity index (χ4n) is 2.36. The molecule has 0 heterocycles. The van der Waals surface area contributed by atoms with E-state index in [1.807, 2.05) is 6.26 Å². The Bertz CT molecular complexity index is 547. The summed E-state index contributed by atoms with van der Waals surface area (Å²) in [4.78, 5) is 48.0. The molecule has 11 heteroatoms. The quantitative estimate of drug-likeness (QED) is 0.179. The van der Waals surface area contributed by atoms with Crippen LogP contribution in [0, 0.1) is 5.92 Å². The van der Waals surface area contributed by atoms with Gasteiger partial charge in [-0.05, 0) is 50.2 Å². The Kier molecular flexibility index (Phi) is 14.1. The molecule has 0 aromatic heterocycles. The molecule has 0 saturated carbocycles. The second-order valence-electron chi connectivity index (χ2n) is 7.07. The zero-order valence-corrected chi connectivity index (χ0v) is 18.2. The van der Waals surface area contributed by atoms with Crippen LogP contribution in [0.3, 0.4) is 0 Å². The maximum Gasteiger partial charge on any atom is 0.326 e. The fourth-order valence-corrected chi connectivity index (χ4v) is 2.83. The van der Waals surface area contributed by atoms with Gasteiger partial charge in [-0.2, -0.15) is 11.8 Å². The second-order valence-corrected chi connectivity index (χ2v) is 8.06. The minimum absolute atomic E-state index is 0.0814. The van der Waals surface area contributed by atoms with E-state index in [9.17, 15) is 24.3 Å². The molecule has 0 aliphatic carbocycles. The van der Waals surface area contributed by atoms with E-state index in [1.165, 1.54) is 11.8 Å². The Balaban J connectivity index is 4.88. The van der Waals surface area contributed by atoms with E-state index in [2.05, 4.69) is 16.0 Å². The number of hydrogen-bond donors (Lipinski definition) is 6. The molecule has 3 amide bonds. The summed E-state index contributed by atoms with van der Waals surface area (Å²) in [5.74, 6) is -2.23. The number of carboxylic acids is 1. The van der Waals surface area contributed by atoms with Crippen LogP contribution in [0.1, 0.15) is 39.5 Å². The van der Waals surface area contributed by atoms with E-state index in [4.69, 9.17) is 11.5 Å². The molecule has 0 saturated heterocycles. The lowest BCUT2D eigenvalue weighted by atomic mass is 10.1. The third-order valence-electron chi connectivity index (χ3n) is 4.27. The Morgan fingerprint density at radius 3 is 2.17 bits per heavy atom. The summed E-state index contributed by atoms with van der Waals surface area (Å²) in [5.41, 5.74) is 11.2. The summed E-state index contributed by atoms with van der Waals surface area (Å²) < 4.78 is 0. The van der Waals surface area contributed by atoms with E-state index >= 15 is 0 Å². The number of amides is 3. The van der Waals surface area contributed by atoms with E-state index in [1.54, 1.807) is 13.8 Å². The first-order valence-corrected chi connectivity index (χ1v) is 11.1. The van der Waals surface area contributed by atoms with Gasteiger partial charge in [-0.3, -0.25) is 14.4 Å². The second kappa shape index (κ2) is 15.1. The van der Waals surface area contributed by atoms with Gasteiger partial charge in [0.15, 0.2) is 0 Å². The number of nitrogens with one attached hydrogen (secondary N) is 3. The molecule has 0 aromatic rings. The fraction of sp³-hybridized carbons (Fsp3) is 0.778. The highest BCUT2D eigenvalue weighted by Crippen LogP contribution is 2.05. The number of aliphatic carboxylic acids is 1. The van der Waals surface area contributed by atoms with Crippen molar-refractivity contribution in [3.05, 3.63) is 0 Å². The first-order valence-electron chi connectivity index (χ1n) is 9.68. The number of carbonyl (C=O) groups excluding carboxylic acids is 3. The lowest BCUT2D eigenvalue weighted by Crippen LogP contribution is -2.54. The number of carbonyl (C=O) groups is 4. The molecule has 0 rings (SSSR count). The topological polar surface area (TPSA) is 177 Å². The van der Waals surface area contributed by atoms with Crippen molar-refractivity contribution in [2.45, 2.75) is 57.7 Å². The summed E-state index contributed by atoms with van der Waals surface area (Å²) in [7, 11) is 0. The predicted octanol–water partition coefficient (Wildman–Crippen LogP) is -0.978. The van der Waals surface area contributed by atoms with Crippen molar-refractivity contribution >= 4 is 35.5 Å². The van der Waals surface area contributed by atoms with Crippen molar-refractivity contribution < 1.29 is 24.3 Å². The monoisotopic (exact) mass is 433 g/mol. The highest BCUT2D eigenvalue weighted by Gasteiger charge is 2.26. The Labute approximate surface area is 176 Å². The van der Waals surface area contributed by atoms with Gasteiger partial charge in [0, 0.05) is 0 Å². The van der Waals surface area contributed by atoms with E-state index in [0.29, 0.717) is 31.6 Å². The van der Waals surface area contributed by atoms with Gasteiger partial charge in [-0.15, -0.1) is 0 Å². The molecule has 29 heavy (non-hydrogen) atoms. The third kappa shape index (κ3) is 11.7. The Hall–Kier alpha value is -1.85. The Morgan fingerprint density at radius 1 is 1.00 bits per heavy atom. The first kappa shape index (κ1) is 27.1. The summed E-state index contributed by atoms with van der Waals surface area (Å²) >= 11 is 1.48. The number of hydrogen-bond acceptors (Lipinski definition) is 7. The molecule has 0 fully saturated rings. The number of carboxylic acid groups (broad SMARTS) is 1. The summed E-state index contributed by atoms with van der Waals surface area (Å²) in [5, 5.41) is 16.7. The molecule has 0 radical (unpaired) electrons. The van der Waals surface area contributed by atoms with E-state index in [-0.39, 0.29) is 18.9 Å². The highest BCUT2D eigenvalue weighted by molar-refractivity contribution is 7.98. The lowest BCUT2D eigenvalue weighted by Gasteiger charge is -2.22. The van der Waals surface area contributed by atoms with Crippen molar-refractivity contribution in [1.82, 2.24) is 16.0 Å². The van der Waals surface area contributed by atoms with Crippen LogP contribution in [0.5, 0.6) is 0 Å². The molecular formula is C18H35N5O5S. The first-order chi connectivity index (χ1) is 13.6. The zero-order valence-electron chi connectivity index (χ0n) is 17.4. The Morgan fingerprint density at radius 2 is 1.66 bits per heavy atom. The van der Waals surface area contributed by atoms with Gasteiger partial charge in [0.25, 0.3) is 0 Å². The van der Waals surface area contributed by atoms with Crippen LogP contribution in [0.15, 0.2) is 0 Å².